The maximum Gasteiger partial charge on any atom is 0.0479 e. The second-order valence-corrected chi connectivity index (χ2v) is 23.2. The van der Waals surface area contributed by atoms with E-state index in [0.717, 1.165) is 32.0 Å². The van der Waals surface area contributed by atoms with Gasteiger partial charge in [-0.1, -0.05) is 181 Å². The van der Waals surface area contributed by atoms with Crippen LogP contribution in [0.1, 0.15) is 147 Å². The van der Waals surface area contributed by atoms with Gasteiger partial charge < -0.3 is 0 Å². The second kappa shape index (κ2) is 45.8. The molecule has 0 unspecified atom stereocenters. The van der Waals surface area contributed by atoms with E-state index in [9.17, 15) is 0 Å². The molecule has 0 aliphatic carbocycles. The first-order valence-electron chi connectivity index (χ1n) is 25.4. The molecule has 0 fully saturated rings. The highest BCUT2D eigenvalue weighted by molar-refractivity contribution is 9.09. The molecule has 0 N–H and O–H groups in total. The van der Waals surface area contributed by atoms with E-state index in [0.29, 0.717) is 35.3 Å². The summed E-state index contributed by atoms with van der Waals surface area (Å²) >= 11 is 56.3. The van der Waals surface area contributed by atoms with Gasteiger partial charge in [0.15, 0.2) is 0 Å². The lowest BCUT2D eigenvalue weighted by Crippen LogP contribution is -2.04. The van der Waals surface area contributed by atoms with Gasteiger partial charge in [0.05, 0.1) is 0 Å². The Morgan fingerprint density at radius 2 is 0.500 bits per heavy atom. The monoisotopic (exact) mass is 1560 g/mol. The van der Waals surface area contributed by atoms with Crippen molar-refractivity contribution in [2.75, 3.05) is 0 Å². The molecule has 6 rings (SSSR count). The van der Waals surface area contributed by atoms with Gasteiger partial charge in [-0.25, -0.2) is 0 Å². The lowest BCUT2D eigenvalue weighted by molar-refractivity contribution is 1.09. The average molecular weight is 1570 g/mol. The maximum atomic E-state index is 5.96. The molecule has 432 valence electrons. The Labute approximate surface area is 554 Å². The summed E-state index contributed by atoms with van der Waals surface area (Å²) in [4.78, 5) is 0. The van der Waals surface area contributed by atoms with Crippen molar-refractivity contribution in [1.82, 2.24) is 0 Å². The van der Waals surface area contributed by atoms with Gasteiger partial charge in [-0.3, -0.25) is 0 Å². The number of alkyl halides is 12. The van der Waals surface area contributed by atoms with Crippen LogP contribution in [0.5, 0.6) is 0 Å². The van der Waals surface area contributed by atoms with Gasteiger partial charge >= 0.3 is 0 Å². The standard InChI is InChI=1S/C12H15Br3.C12H15Cl3.C11H14Br2.C11H14Cl2.C7H7Br.C7H7Cl.2C3H6/c2*1-7-10(4-13)8(2)12(6-15)9(3)11(7)5-14;2*1-7-4-8(2)11(6-13)9(3)10(7)5-12;2*8-6-7-4-2-1-3-5-7;2*1-3-2/h2*4-6H2,1-3H3;2*4H,5-6H2,1-3H3;2*1-5H,6H2;2*3H,1H2,2H3. The molecule has 6 aromatic carbocycles. The SMILES string of the molecule is BrCc1ccccc1.C=CC.C=CC.Cc1c(CBr)c(C)c(CBr)c(C)c1CBr.Cc1c(CCl)c(C)c(CCl)c(C)c1CCl.Cc1cc(C)c(CBr)c(C)c1CBr.Cc1cc(C)c(CCl)c(C)c1CCl.ClCc1ccccc1. The van der Waals surface area contributed by atoms with Crippen molar-refractivity contribution in [2.45, 2.75) is 164 Å². The Morgan fingerprint density at radius 1 is 0.295 bits per heavy atom. The van der Waals surface area contributed by atoms with Crippen LogP contribution in [0.25, 0.3) is 0 Å². The van der Waals surface area contributed by atoms with Crippen molar-refractivity contribution in [1.29, 1.82) is 0 Å². The zero-order valence-corrected chi connectivity index (χ0v) is 62.6. The molecular formula is C66H84Br6Cl6. The molecular weight excluding hydrogens is 1480 g/mol. The number of allylic oxidation sites excluding steroid dienone is 2. The van der Waals surface area contributed by atoms with Gasteiger partial charge in [-0.2, -0.15) is 0 Å². The van der Waals surface area contributed by atoms with Crippen molar-refractivity contribution in [3.63, 3.8) is 0 Å². The van der Waals surface area contributed by atoms with Crippen molar-refractivity contribution in [2.24, 2.45) is 0 Å². The Hall–Kier alpha value is -0.580. The van der Waals surface area contributed by atoms with E-state index in [1.165, 1.54) is 134 Å². The van der Waals surface area contributed by atoms with Crippen LogP contribution in [0.2, 0.25) is 0 Å². The van der Waals surface area contributed by atoms with Crippen LogP contribution in [-0.2, 0) is 67.3 Å². The van der Waals surface area contributed by atoms with E-state index in [2.05, 4.69) is 216 Å². The molecule has 0 saturated carbocycles. The smallest absolute Gasteiger partial charge is 0.0479 e. The van der Waals surface area contributed by atoms with Crippen molar-refractivity contribution >= 4 is 165 Å². The number of halogens is 12. The van der Waals surface area contributed by atoms with Crippen LogP contribution >= 0.6 is 165 Å². The molecule has 78 heavy (non-hydrogen) atoms. The fraction of sp³-hybridized carbons (Fsp3) is 0.394. The second-order valence-electron chi connectivity index (χ2n) is 18.2. The third kappa shape index (κ3) is 25.7. The quantitative estimate of drug-likeness (QED) is 0.0846. The molecule has 0 aliphatic heterocycles. The third-order valence-corrected chi connectivity index (χ3v) is 18.4. The summed E-state index contributed by atoms with van der Waals surface area (Å²) in [6, 6.07) is 24.7. The topological polar surface area (TPSA) is 0 Å². The van der Waals surface area contributed by atoms with Crippen molar-refractivity contribution < 1.29 is 0 Å². The first kappa shape index (κ1) is 79.5. The van der Waals surface area contributed by atoms with Crippen LogP contribution < -0.4 is 0 Å². The molecule has 6 aromatic rings. The first-order chi connectivity index (χ1) is 37.1. The molecule has 0 aliphatic rings. The minimum Gasteiger partial charge on any atom is -0.122 e. The van der Waals surface area contributed by atoms with E-state index >= 15 is 0 Å². The highest BCUT2D eigenvalue weighted by atomic mass is 79.9. The third-order valence-electron chi connectivity index (χ3n) is 13.3. The van der Waals surface area contributed by atoms with E-state index < -0.39 is 0 Å². The zero-order valence-electron chi connectivity index (χ0n) is 48.5. The molecule has 0 spiro atoms. The molecule has 0 amide bonds. The van der Waals surface area contributed by atoms with Gasteiger partial charge in [-0.15, -0.1) is 82.8 Å². The normalized spacial score (nSPS) is 9.87. The molecule has 12 heteroatoms. The number of hydrogen-bond donors (Lipinski definition) is 0. The summed E-state index contributed by atoms with van der Waals surface area (Å²) < 4.78 is 0. The predicted molar refractivity (Wildman–Crippen MR) is 380 cm³/mol. The molecule has 0 aromatic heterocycles. The van der Waals surface area contributed by atoms with Crippen LogP contribution in [-0.4, -0.2) is 0 Å². The molecule has 0 atom stereocenters. The molecule has 0 nitrogen and oxygen atoms in total. The van der Waals surface area contributed by atoms with Crippen molar-refractivity contribution in [3.8, 4) is 0 Å². The van der Waals surface area contributed by atoms with Crippen LogP contribution in [0.4, 0.5) is 0 Å². The largest absolute Gasteiger partial charge is 0.122 e. The first-order valence-corrected chi connectivity index (χ1v) is 35.3. The van der Waals surface area contributed by atoms with Crippen LogP contribution in [0.15, 0.2) is 98.1 Å². The van der Waals surface area contributed by atoms with E-state index in [-0.39, 0.29) is 0 Å². The number of hydrogen-bond acceptors (Lipinski definition) is 0. The fourth-order valence-electron chi connectivity index (χ4n) is 8.48. The van der Waals surface area contributed by atoms with Gasteiger partial charge in [0.2, 0.25) is 0 Å². The van der Waals surface area contributed by atoms with E-state index in [1.807, 2.05) is 62.4 Å². The minimum absolute atomic E-state index is 0.520. The van der Waals surface area contributed by atoms with Gasteiger partial charge in [0, 0.05) is 67.3 Å². The minimum atomic E-state index is 0.520. The van der Waals surface area contributed by atoms with Crippen LogP contribution in [0, 0.1) is 83.1 Å². The van der Waals surface area contributed by atoms with Crippen molar-refractivity contribution in [3.05, 3.63) is 232 Å². The predicted octanol–water partition coefficient (Wildman–Crippen LogP) is 26.0. The van der Waals surface area contributed by atoms with E-state index in [4.69, 9.17) is 69.6 Å². The Kier molecular flexibility index (Phi) is 46.7. The maximum absolute atomic E-state index is 5.96. The molecule has 0 heterocycles. The zero-order chi connectivity index (χ0) is 60.2. The molecule has 0 saturated heterocycles. The van der Waals surface area contributed by atoms with Gasteiger partial charge in [-0.05, 0) is 230 Å². The summed E-state index contributed by atoms with van der Waals surface area (Å²) in [5, 5.41) is 5.66. The Bertz CT molecular complexity index is 2290. The lowest BCUT2D eigenvalue weighted by Gasteiger charge is -2.19. The highest BCUT2D eigenvalue weighted by Crippen LogP contribution is 2.33. The highest BCUT2D eigenvalue weighted by Gasteiger charge is 2.17. The molecule has 0 bridgehead atoms. The number of aryl methyl sites for hydroxylation is 4. The fourth-order valence-corrected chi connectivity index (χ4v) is 15.3. The summed E-state index contributed by atoms with van der Waals surface area (Å²) in [6.07, 6.45) is 3.50. The van der Waals surface area contributed by atoms with Gasteiger partial charge in [0.1, 0.15) is 0 Å². The number of rotatable bonds is 12. The summed E-state index contributed by atoms with van der Waals surface area (Å²) in [5.41, 5.74) is 31.5. The Balaban J connectivity index is 0. The van der Waals surface area contributed by atoms with Crippen LogP contribution in [0.3, 0.4) is 0 Å². The average Bonchev–Trinajstić information content (AvgIpc) is 3.42. The number of benzene rings is 6. The lowest BCUT2D eigenvalue weighted by atomic mass is 9.90. The Morgan fingerprint density at radius 3 is 0.692 bits per heavy atom. The summed E-state index contributed by atoms with van der Waals surface area (Å²) in [5.74, 6) is 3.31. The van der Waals surface area contributed by atoms with Gasteiger partial charge in [0.25, 0.3) is 0 Å². The summed E-state index contributed by atoms with van der Waals surface area (Å²) in [7, 11) is 0. The van der Waals surface area contributed by atoms with E-state index in [1.54, 1.807) is 12.2 Å². The molecule has 0 radical (unpaired) electrons. The summed E-state index contributed by atoms with van der Waals surface area (Å²) in [6.45, 7) is 36.2.